The van der Waals surface area contributed by atoms with Crippen LogP contribution in [0.5, 0.6) is 5.75 Å². The Balaban J connectivity index is 2.09. The topological polar surface area (TPSA) is 78.6 Å². The molecule has 0 aliphatic carbocycles. The van der Waals surface area contributed by atoms with Crippen molar-refractivity contribution in [3.63, 3.8) is 0 Å². The number of carbonyl (C=O) groups is 2. The van der Waals surface area contributed by atoms with E-state index in [0.717, 1.165) is 9.82 Å². The number of nitrogens with two attached hydrogens (primary N) is 1. The molecule has 2 aromatic carbocycles. The number of amides is 1. The fourth-order valence-electron chi connectivity index (χ4n) is 2.96. The molecule has 1 aromatic heterocycles. The van der Waals surface area contributed by atoms with Crippen molar-refractivity contribution >= 4 is 36.0 Å². The molecule has 0 bridgehead atoms. The van der Waals surface area contributed by atoms with Gasteiger partial charge in [0.1, 0.15) is 0 Å². The first-order valence-electron chi connectivity index (χ1n) is 8.46. The SMILES string of the molecule is COC(=O)CCc1cccc(-c2c(C(N)=O)[se]c3ccc(OC(F)(F)F)cc23)c1. The first-order chi connectivity index (χ1) is 13.7. The average molecular weight is 470 g/mol. The average Bonchev–Trinajstić information content (AvgIpc) is 3.04. The van der Waals surface area contributed by atoms with E-state index in [1.165, 1.54) is 25.3 Å². The molecule has 0 spiro atoms. The van der Waals surface area contributed by atoms with Gasteiger partial charge in [-0.05, 0) is 0 Å². The van der Waals surface area contributed by atoms with E-state index in [-0.39, 0.29) is 18.1 Å². The number of ether oxygens (including phenoxy) is 2. The molecule has 0 unspecified atom stereocenters. The van der Waals surface area contributed by atoms with E-state index in [2.05, 4.69) is 9.47 Å². The van der Waals surface area contributed by atoms with Crippen molar-refractivity contribution in [1.82, 2.24) is 0 Å². The minimum atomic E-state index is -4.82. The zero-order chi connectivity index (χ0) is 21.2. The molecule has 29 heavy (non-hydrogen) atoms. The van der Waals surface area contributed by atoms with Crippen molar-refractivity contribution in [2.45, 2.75) is 19.2 Å². The molecular weight excluding hydrogens is 454 g/mol. The molecule has 2 N–H and O–H groups in total. The summed E-state index contributed by atoms with van der Waals surface area (Å²) in [7, 11) is 1.31. The third-order valence-corrected chi connectivity index (χ3v) is 6.66. The second-order valence-electron chi connectivity index (χ2n) is 6.15. The normalized spacial score (nSPS) is 11.4. The van der Waals surface area contributed by atoms with Crippen molar-refractivity contribution in [1.29, 1.82) is 0 Å². The fourth-order valence-corrected chi connectivity index (χ4v) is 5.18. The summed E-state index contributed by atoms with van der Waals surface area (Å²) in [4.78, 5) is 23.4. The van der Waals surface area contributed by atoms with Crippen LogP contribution in [0, 0.1) is 0 Å². The van der Waals surface area contributed by atoms with Gasteiger partial charge in [0.25, 0.3) is 0 Å². The Kier molecular flexibility index (Phi) is 6.00. The zero-order valence-electron chi connectivity index (χ0n) is 15.2. The molecule has 1 heterocycles. The number of halogens is 3. The van der Waals surface area contributed by atoms with E-state index in [9.17, 15) is 22.8 Å². The first-order valence-corrected chi connectivity index (χ1v) is 10.2. The summed E-state index contributed by atoms with van der Waals surface area (Å²) in [5.41, 5.74) is 7.52. The molecule has 0 aliphatic rings. The summed E-state index contributed by atoms with van der Waals surface area (Å²) in [6, 6.07) is 11.1. The van der Waals surface area contributed by atoms with Gasteiger partial charge in [-0.3, -0.25) is 0 Å². The van der Waals surface area contributed by atoms with Crippen molar-refractivity contribution in [3.8, 4) is 16.9 Å². The van der Waals surface area contributed by atoms with Gasteiger partial charge in [-0.15, -0.1) is 0 Å². The number of hydrogen-bond acceptors (Lipinski definition) is 4. The van der Waals surface area contributed by atoms with E-state index in [4.69, 9.17) is 5.73 Å². The number of primary amides is 1. The van der Waals surface area contributed by atoms with E-state index in [1.54, 1.807) is 18.2 Å². The number of hydrogen-bond donors (Lipinski definition) is 1. The molecule has 152 valence electrons. The summed E-state index contributed by atoms with van der Waals surface area (Å²) in [6.07, 6.45) is -4.21. The molecular formula is C20H16F3NO4Se. The summed E-state index contributed by atoms with van der Waals surface area (Å²) >= 11 is -0.435. The van der Waals surface area contributed by atoms with Gasteiger partial charge in [0, 0.05) is 0 Å². The van der Waals surface area contributed by atoms with Gasteiger partial charge in [-0.1, -0.05) is 0 Å². The predicted octanol–water partition coefficient (Wildman–Crippen LogP) is 3.67. The maximum absolute atomic E-state index is 12.6. The summed E-state index contributed by atoms with van der Waals surface area (Å²) < 4.78 is 47.6. The molecule has 0 saturated carbocycles. The van der Waals surface area contributed by atoms with Crippen LogP contribution in [0.3, 0.4) is 0 Å². The standard InChI is InChI=1S/C20H16F3NO4Se/c1-27-16(25)8-5-11-3-2-4-12(9-11)17-14-10-13(28-20(21,22)23)6-7-15(14)29-18(17)19(24)26/h2-4,6-7,9-10H,5,8H2,1H3,(H2,24,26). The molecule has 0 aliphatic heterocycles. The van der Waals surface area contributed by atoms with Crippen molar-refractivity contribution in [3.05, 3.63) is 52.5 Å². The predicted molar refractivity (Wildman–Crippen MR) is 102 cm³/mol. The number of methoxy groups -OCH3 is 1. The molecule has 0 saturated heterocycles. The molecule has 0 radical (unpaired) electrons. The molecule has 3 rings (SSSR count). The van der Waals surface area contributed by atoms with Crippen LogP contribution in [-0.2, 0) is 16.0 Å². The number of carbonyl (C=O) groups excluding carboxylic acids is 2. The number of alkyl halides is 3. The monoisotopic (exact) mass is 471 g/mol. The van der Waals surface area contributed by atoms with E-state index < -0.39 is 26.8 Å². The van der Waals surface area contributed by atoms with Gasteiger partial charge in [0.05, 0.1) is 0 Å². The minimum absolute atomic E-state index is 0.186. The van der Waals surface area contributed by atoms with Crippen molar-refractivity contribution in [2.75, 3.05) is 7.11 Å². The third kappa shape index (κ3) is 4.99. The molecule has 1 amide bonds. The van der Waals surface area contributed by atoms with Gasteiger partial charge >= 0.3 is 170 Å². The van der Waals surface area contributed by atoms with Crippen LogP contribution < -0.4 is 10.5 Å². The molecule has 9 heteroatoms. The van der Waals surface area contributed by atoms with Crippen LogP contribution >= 0.6 is 0 Å². The fraction of sp³-hybridized carbons (Fsp3) is 0.200. The van der Waals surface area contributed by atoms with Crippen molar-refractivity contribution < 1.29 is 32.2 Å². The van der Waals surface area contributed by atoms with E-state index >= 15 is 0 Å². The van der Waals surface area contributed by atoms with Gasteiger partial charge < -0.3 is 0 Å². The van der Waals surface area contributed by atoms with E-state index in [0.29, 0.717) is 27.4 Å². The molecule has 5 nitrogen and oxygen atoms in total. The van der Waals surface area contributed by atoms with Crippen LogP contribution in [0.4, 0.5) is 13.2 Å². The van der Waals surface area contributed by atoms with Crippen molar-refractivity contribution in [2.24, 2.45) is 5.73 Å². The maximum atomic E-state index is 12.6. The molecule has 0 fully saturated rings. The Morgan fingerprint density at radius 1 is 1.14 bits per heavy atom. The number of fused-ring (bicyclic) bond motifs is 1. The summed E-state index contributed by atoms with van der Waals surface area (Å²) in [5.74, 6) is -1.33. The van der Waals surface area contributed by atoms with Crippen LogP contribution in [0.25, 0.3) is 20.8 Å². The Labute approximate surface area is 170 Å². The third-order valence-electron chi connectivity index (χ3n) is 4.18. The number of esters is 1. The summed E-state index contributed by atoms with van der Waals surface area (Å²) in [6.45, 7) is 0. The first kappa shape index (κ1) is 21.0. The second-order valence-corrected chi connectivity index (χ2v) is 8.36. The Bertz CT molecular complexity index is 1080. The quantitative estimate of drug-likeness (QED) is 0.441. The van der Waals surface area contributed by atoms with Crippen LogP contribution in [-0.4, -0.2) is 39.9 Å². The molecule has 3 aromatic rings. The number of aryl methyl sites for hydroxylation is 1. The zero-order valence-corrected chi connectivity index (χ0v) is 16.9. The Morgan fingerprint density at radius 3 is 2.55 bits per heavy atom. The van der Waals surface area contributed by atoms with Crippen LogP contribution in [0.15, 0.2) is 42.5 Å². The Morgan fingerprint density at radius 2 is 1.90 bits per heavy atom. The van der Waals surface area contributed by atoms with Gasteiger partial charge in [-0.2, -0.15) is 0 Å². The van der Waals surface area contributed by atoms with Crippen LogP contribution in [0.1, 0.15) is 21.2 Å². The van der Waals surface area contributed by atoms with Crippen LogP contribution in [0.2, 0.25) is 0 Å². The van der Waals surface area contributed by atoms with E-state index in [1.807, 2.05) is 6.07 Å². The van der Waals surface area contributed by atoms with Gasteiger partial charge in [-0.25, -0.2) is 0 Å². The number of benzene rings is 2. The van der Waals surface area contributed by atoms with Gasteiger partial charge in [0.2, 0.25) is 0 Å². The summed E-state index contributed by atoms with van der Waals surface area (Å²) in [5, 5.41) is 0.491. The second kappa shape index (κ2) is 8.31. The number of rotatable bonds is 6. The Hall–Kier alpha value is -2.77. The van der Waals surface area contributed by atoms with Gasteiger partial charge in [0.15, 0.2) is 0 Å². The molecule has 0 atom stereocenters.